The van der Waals surface area contributed by atoms with E-state index in [9.17, 15) is 10.1 Å². The molecule has 0 aliphatic heterocycles. The van der Waals surface area contributed by atoms with Crippen molar-refractivity contribution in [2.24, 2.45) is 0 Å². The number of pyridine rings is 1. The van der Waals surface area contributed by atoms with Crippen LogP contribution in [0.5, 0.6) is 0 Å². The van der Waals surface area contributed by atoms with Gasteiger partial charge in [-0.25, -0.2) is 4.98 Å². The molecule has 6 nitrogen and oxygen atoms in total. The Balaban J connectivity index is 2.58. The first-order valence-electron chi connectivity index (χ1n) is 5.04. The van der Waals surface area contributed by atoms with E-state index in [4.69, 9.17) is 5.11 Å². The lowest BCUT2D eigenvalue weighted by Gasteiger charge is -2.15. The van der Waals surface area contributed by atoms with Crippen molar-refractivity contribution in [2.75, 3.05) is 5.32 Å². The number of anilines is 1. The van der Waals surface area contributed by atoms with Crippen LogP contribution in [0.3, 0.4) is 0 Å². The zero-order valence-electron chi connectivity index (χ0n) is 9.25. The molecule has 0 aromatic carbocycles. The van der Waals surface area contributed by atoms with E-state index in [2.05, 4.69) is 10.3 Å². The van der Waals surface area contributed by atoms with E-state index in [1.54, 1.807) is 13.0 Å². The molecular weight excluding hydrogens is 210 g/mol. The molecule has 0 aliphatic carbocycles. The maximum Gasteiger partial charge on any atom is 0.287 e. The Kier molecular flexibility index (Phi) is 4.19. The lowest BCUT2D eigenvalue weighted by Crippen LogP contribution is -2.21. The second kappa shape index (κ2) is 5.41. The van der Waals surface area contributed by atoms with Crippen LogP contribution in [0.15, 0.2) is 18.3 Å². The Morgan fingerprint density at radius 3 is 2.69 bits per heavy atom. The third-order valence-corrected chi connectivity index (χ3v) is 2.05. The van der Waals surface area contributed by atoms with Gasteiger partial charge >= 0.3 is 0 Å². The third-order valence-electron chi connectivity index (χ3n) is 2.05. The number of aliphatic hydroxyl groups is 1. The van der Waals surface area contributed by atoms with Crippen molar-refractivity contribution >= 4 is 11.5 Å². The minimum Gasteiger partial charge on any atom is -0.393 e. The van der Waals surface area contributed by atoms with Gasteiger partial charge in [-0.05, 0) is 26.3 Å². The molecule has 88 valence electrons. The molecule has 1 aromatic heterocycles. The summed E-state index contributed by atoms with van der Waals surface area (Å²) < 4.78 is 0. The summed E-state index contributed by atoms with van der Waals surface area (Å²) in [5, 5.41) is 22.6. The van der Waals surface area contributed by atoms with Gasteiger partial charge in [0.05, 0.1) is 11.0 Å². The Bertz CT molecular complexity index is 351. The molecular formula is C10H15N3O3. The topological polar surface area (TPSA) is 88.3 Å². The quantitative estimate of drug-likeness (QED) is 0.586. The fraction of sp³-hybridized carbons (Fsp3) is 0.500. The van der Waals surface area contributed by atoms with Gasteiger partial charge in [0, 0.05) is 12.1 Å². The molecule has 1 heterocycles. The van der Waals surface area contributed by atoms with E-state index in [0.717, 1.165) is 0 Å². The van der Waals surface area contributed by atoms with Crippen LogP contribution in [0.1, 0.15) is 20.3 Å². The summed E-state index contributed by atoms with van der Waals surface area (Å²) in [4.78, 5) is 13.8. The predicted molar refractivity (Wildman–Crippen MR) is 60.3 cm³/mol. The Morgan fingerprint density at radius 1 is 1.56 bits per heavy atom. The molecule has 0 fully saturated rings. The first-order chi connectivity index (χ1) is 7.49. The predicted octanol–water partition coefficient (Wildman–Crippen LogP) is 1.56. The number of hydrogen-bond donors (Lipinski definition) is 2. The van der Waals surface area contributed by atoms with E-state index >= 15 is 0 Å². The average molecular weight is 225 g/mol. The van der Waals surface area contributed by atoms with E-state index in [0.29, 0.717) is 12.2 Å². The molecule has 2 N–H and O–H groups in total. The van der Waals surface area contributed by atoms with Crippen LogP contribution in [-0.2, 0) is 0 Å². The van der Waals surface area contributed by atoms with Crippen molar-refractivity contribution < 1.29 is 10.0 Å². The Morgan fingerprint density at radius 2 is 2.25 bits per heavy atom. The summed E-state index contributed by atoms with van der Waals surface area (Å²) in [6.45, 7) is 3.62. The molecule has 1 rings (SSSR count). The standard InChI is InChI=1S/C10H15N3O3/c1-7(5-8(2)14)12-10-4-3-9(6-11-10)13(15)16/h3-4,6-8,14H,5H2,1-2H3,(H,11,12). The maximum atomic E-state index is 10.4. The molecule has 0 amide bonds. The van der Waals surface area contributed by atoms with Gasteiger partial charge in [-0.2, -0.15) is 0 Å². The van der Waals surface area contributed by atoms with E-state index in [1.165, 1.54) is 12.3 Å². The summed E-state index contributed by atoms with van der Waals surface area (Å²) in [6, 6.07) is 3.01. The number of rotatable bonds is 5. The molecule has 1 aromatic rings. The molecule has 0 radical (unpaired) electrons. The van der Waals surface area contributed by atoms with Crippen LogP contribution >= 0.6 is 0 Å². The minimum atomic E-state index is -0.490. The van der Waals surface area contributed by atoms with Gasteiger partial charge < -0.3 is 10.4 Å². The van der Waals surface area contributed by atoms with Crippen LogP contribution in [0, 0.1) is 10.1 Å². The van der Waals surface area contributed by atoms with E-state index < -0.39 is 4.92 Å². The Labute approximate surface area is 93.5 Å². The Hall–Kier alpha value is -1.69. The zero-order valence-corrected chi connectivity index (χ0v) is 9.25. The van der Waals surface area contributed by atoms with Gasteiger partial charge in [0.1, 0.15) is 12.0 Å². The number of nitro groups is 1. The largest absolute Gasteiger partial charge is 0.393 e. The first-order valence-corrected chi connectivity index (χ1v) is 5.04. The molecule has 0 saturated carbocycles. The molecule has 6 heteroatoms. The minimum absolute atomic E-state index is 0.0336. The van der Waals surface area contributed by atoms with Crippen LogP contribution in [0.4, 0.5) is 11.5 Å². The van der Waals surface area contributed by atoms with Crippen molar-refractivity contribution in [3.05, 3.63) is 28.4 Å². The van der Waals surface area contributed by atoms with Crippen LogP contribution in [-0.4, -0.2) is 27.2 Å². The molecule has 2 unspecified atom stereocenters. The average Bonchev–Trinajstić information content (AvgIpc) is 2.16. The normalized spacial score (nSPS) is 14.2. The SMILES string of the molecule is CC(O)CC(C)Nc1ccc([N+](=O)[O-])cn1. The van der Waals surface area contributed by atoms with Crippen LogP contribution in [0.25, 0.3) is 0 Å². The summed E-state index contributed by atoms with van der Waals surface area (Å²) in [7, 11) is 0. The summed E-state index contributed by atoms with van der Waals surface area (Å²) in [5.41, 5.74) is -0.0336. The van der Waals surface area contributed by atoms with E-state index in [1.807, 2.05) is 6.92 Å². The van der Waals surface area contributed by atoms with Crippen molar-refractivity contribution in [3.8, 4) is 0 Å². The van der Waals surface area contributed by atoms with Crippen molar-refractivity contribution in [3.63, 3.8) is 0 Å². The van der Waals surface area contributed by atoms with Gasteiger partial charge in [-0.1, -0.05) is 0 Å². The lowest BCUT2D eigenvalue weighted by molar-refractivity contribution is -0.385. The van der Waals surface area contributed by atoms with Crippen molar-refractivity contribution in [2.45, 2.75) is 32.4 Å². The number of hydrogen-bond acceptors (Lipinski definition) is 5. The van der Waals surface area contributed by atoms with Gasteiger partial charge in [0.15, 0.2) is 0 Å². The first kappa shape index (κ1) is 12.4. The molecule has 0 aliphatic rings. The molecule has 0 spiro atoms. The third kappa shape index (κ3) is 3.82. The van der Waals surface area contributed by atoms with Gasteiger partial charge in [-0.3, -0.25) is 10.1 Å². The fourth-order valence-electron chi connectivity index (χ4n) is 1.40. The highest BCUT2D eigenvalue weighted by molar-refractivity contribution is 5.40. The number of aliphatic hydroxyl groups excluding tert-OH is 1. The number of nitrogens with one attached hydrogen (secondary N) is 1. The summed E-state index contributed by atoms with van der Waals surface area (Å²) >= 11 is 0. The zero-order chi connectivity index (χ0) is 12.1. The highest BCUT2D eigenvalue weighted by Gasteiger charge is 2.08. The lowest BCUT2D eigenvalue weighted by atomic mass is 10.1. The maximum absolute atomic E-state index is 10.4. The number of aromatic nitrogens is 1. The molecule has 0 saturated heterocycles. The van der Waals surface area contributed by atoms with Crippen LogP contribution < -0.4 is 5.32 Å². The second-order valence-electron chi connectivity index (χ2n) is 3.79. The highest BCUT2D eigenvalue weighted by Crippen LogP contribution is 2.13. The molecule has 16 heavy (non-hydrogen) atoms. The summed E-state index contributed by atoms with van der Waals surface area (Å²) in [5.74, 6) is 0.568. The van der Waals surface area contributed by atoms with Gasteiger partial charge in [0.2, 0.25) is 0 Å². The molecule has 0 bridgehead atoms. The van der Waals surface area contributed by atoms with Crippen molar-refractivity contribution in [1.29, 1.82) is 0 Å². The van der Waals surface area contributed by atoms with Gasteiger partial charge in [-0.15, -0.1) is 0 Å². The van der Waals surface area contributed by atoms with Gasteiger partial charge in [0.25, 0.3) is 5.69 Å². The van der Waals surface area contributed by atoms with Crippen molar-refractivity contribution in [1.82, 2.24) is 4.98 Å². The fourth-order valence-corrected chi connectivity index (χ4v) is 1.40. The summed E-state index contributed by atoms with van der Waals surface area (Å²) in [6.07, 6.45) is 1.41. The highest BCUT2D eigenvalue weighted by atomic mass is 16.6. The van der Waals surface area contributed by atoms with Crippen LogP contribution in [0.2, 0.25) is 0 Å². The second-order valence-corrected chi connectivity index (χ2v) is 3.79. The molecule has 2 atom stereocenters. The monoisotopic (exact) mass is 225 g/mol. The smallest absolute Gasteiger partial charge is 0.287 e. The number of nitrogens with zero attached hydrogens (tertiary/aromatic N) is 2. The van der Waals surface area contributed by atoms with E-state index in [-0.39, 0.29) is 17.8 Å².